The summed E-state index contributed by atoms with van der Waals surface area (Å²) in [5.41, 5.74) is 1.82. The maximum atomic E-state index is 12.5. The van der Waals surface area contributed by atoms with Gasteiger partial charge in [0.05, 0.1) is 24.6 Å². The van der Waals surface area contributed by atoms with Crippen molar-refractivity contribution in [2.75, 3.05) is 36.5 Å². The summed E-state index contributed by atoms with van der Waals surface area (Å²) >= 11 is 6.14. The third-order valence-corrected chi connectivity index (χ3v) is 4.31. The molecule has 1 saturated heterocycles. The SMILES string of the molecule is CCCC(CC)C(=O)Nc1ccc(Cl)cc1N1CCOCC1. The lowest BCUT2D eigenvalue weighted by molar-refractivity contribution is -0.120. The van der Waals surface area contributed by atoms with Crippen LogP contribution < -0.4 is 10.2 Å². The maximum Gasteiger partial charge on any atom is 0.227 e. The Morgan fingerprint density at radius 2 is 2.09 bits per heavy atom. The summed E-state index contributed by atoms with van der Waals surface area (Å²) in [6, 6.07) is 5.63. The molecule has 1 atom stereocenters. The minimum Gasteiger partial charge on any atom is -0.378 e. The van der Waals surface area contributed by atoms with Crippen molar-refractivity contribution in [2.24, 2.45) is 5.92 Å². The fourth-order valence-electron chi connectivity index (χ4n) is 2.78. The third-order valence-electron chi connectivity index (χ3n) is 4.07. The summed E-state index contributed by atoms with van der Waals surface area (Å²) in [5, 5.41) is 3.77. The largest absolute Gasteiger partial charge is 0.378 e. The van der Waals surface area contributed by atoms with Crippen LogP contribution >= 0.6 is 11.6 Å². The summed E-state index contributed by atoms with van der Waals surface area (Å²) in [7, 11) is 0. The number of nitrogens with zero attached hydrogens (tertiary/aromatic N) is 1. The molecule has 1 unspecified atom stereocenters. The number of amides is 1. The first kappa shape index (κ1) is 17.1. The van der Waals surface area contributed by atoms with Gasteiger partial charge in [-0.2, -0.15) is 0 Å². The van der Waals surface area contributed by atoms with Gasteiger partial charge in [0.2, 0.25) is 5.91 Å². The molecule has 0 aromatic heterocycles. The van der Waals surface area contributed by atoms with Crippen LogP contribution in [0.25, 0.3) is 0 Å². The van der Waals surface area contributed by atoms with Gasteiger partial charge in [0, 0.05) is 24.0 Å². The molecule has 0 bridgehead atoms. The van der Waals surface area contributed by atoms with Crippen molar-refractivity contribution in [1.29, 1.82) is 0 Å². The molecule has 1 fully saturated rings. The van der Waals surface area contributed by atoms with Crippen LogP contribution in [0, 0.1) is 5.92 Å². The monoisotopic (exact) mass is 324 g/mol. The van der Waals surface area contributed by atoms with Crippen LogP contribution in [0.1, 0.15) is 33.1 Å². The van der Waals surface area contributed by atoms with Crippen LogP contribution in [0.5, 0.6) is 0 Å². The van der Waals surface area contributed by atoms with Crippen LogP contribution in [0.15, 0.2) is 18.2 Å². The van der Waals surface area contributed by atoms with E-state index in [1.54, 1.807) is 0 Å². The second kappa shape index (κ2) is 8.39. The summed E-state index contributed by atoms with van der Waals surface area (Å²) in [5.74, 6) is 0.166. The van der Waals surface area contributed by atoms with Gasteiger partial charge in [0.1, 0.15) is 0 Å². The smallest absolute Gasteiger partial charge is 0.227 e. The molecule has 0 aliphatic carbocycles. The minimum atomic E-state index is 0.0678. The minimum absolute atomic E-state index is 0.0678. The molecule has 5 heteroatoms. The molecule has 1 aromatic rings. The maximum absolute atomic E-state index is 12.5. The van der Waals surface area contributed by atoms with Crippen LogP contribution in [-0.4, -0.2) is 32.2 Å². The normalized spacial score (nSPS) is 16.4. The van der Waals surface area contributed by atoms with Gasteiger partial charge in [-0.25, -0.2) is 0 Å². The number of nitrogens with one attached hydrogen (secondary N) is 1. The zero-order valence-electron chi connectivity index (χ0n) is 13.4. The third kappa shape index (κ3) is 4.37. The molecule has 1 N–H and O–H groups in total. The number of carbonyl (C=O) groups is 1. The van der Waals surface area contributed by atoms with E-state index in [-0.39, 0.29) is 11.8 Å². The standard InChI is InChI=1S/C17H25ClN2O2/c1-3-5-13(4-2)17(21)19-15-7-6-14(18)12-16(15)20-8-10-22-11-9-20/h6-7,12-13H,3-5,8-11H2,1-2H3,(H,19,21). The molecule has 1 aliphatic heterocycles. The number of anilines is 2. The van der Waals surface area contributed by atoms with Crippen molar-refractivity contribution in [1.82, 2.24) is 0 Å². The summed E-state index contributed by atoms with van der Waals surface area (Å²) < 4.78 is 5.40. The Kier molecular flexibility index (Phi) is 6.52. The van der Waals surface area contributed by atoms with Gasteiger partial charge in [0.25, 0.3) is 0 Å². The van der Waals surface area contributed by atoms with Crippen LogP contribution in [0.2, 0.25) is 5.02 Å². The van der Waals surface area contributed by atoms with E-state index >= 15 is 0 Å². The average molecular weight is 325 g/mol. The van der Waals surface area contributed by atoms with E-state index in [9.17, 15) is 4.79 Å². The summed E-state index contributed by atoms with van der Waals surface area (Å²) in [6.07, 6.45) is 2.80. The zero-order chi connectivity index (χ0) is 15.9. The number of morpholine rings is 1. The predicted octanol–water partition coefficient (Wildman–Crippen LogP) is 3.94. The highest BCUT2D eigenvalue weighted by molar-refractivity contribution is 6.31. The molecule has 0 saturated carbocycles. The van der Waals surface area contributed by atoms with E-state index < -0.39 is 0 Å². The highest BCUT2D eigenvalue weighted by Crippen LogP contribution is 2.30. The lowest BCUT2D eigenvalue weighted by atomic mass is 9.99. The molecule has 1 heterocycles. The van der Waals surface area contributed by atoms with Crippen molar-refractivity contribution in [2.45, 2.75) is 33.1 Å². The van der Waals surface area contributed by atoms with Crippen molar-refractivity contribution in [3.8, 4) is 0 Å². The molecule has 0 radical (unpaired) electrons. The van der Waals surface area contributed by atoms with Crippen molar-refractivity contribution in [3.63, 3.8) is 0 Å². The number of hydrogen-bond acceptors (Lipinski definition) is 3. The highest BCUT2D eigenvalue weighted by Gasteiger charge is 2.20. The van der Waals surface area contributed by atoms with Crippen LogP contribution in [0.3, 0.4) is 0 Å². The van der Waals surface area contributed by atoms with Gasteiger partial charge < -0.3 is 15.0 Å². The number of benzene rings is 1. The quantitative estimate of drug-likeness (QED) is 0.861. The van der Waals surface area contributed by atoms with Crippen molar-refractivity contribution in [3.05, 3.63) is 23.2 Å². The van der Waals surface area contributed by atoms with Gasteiger partial charge in [-0.05, 0) is 31.0 Å². The van der Waals surface area contributed by atoms with Crippen molar-refractivity contribution < 1.29 is 9.53 Å². The molecule has 1 aromatic carbocycles. The fraction of sp³-hybridized carbons (Fsp3) is 0.588. The van der Waals surface area contributed by atoms with Crippen LogP contribution in [-0.2, 0) is 9.53 Å². The number of halogens is 1. The van der Waals surface area contributed by atoms with E-state index in [1.807, 2.05) is 18.2 Å². The predicted molar refractivity (Wildman–Crippen MR) is 91.8 cm³/mol. The van der Waals surface area contributed by atoms with E-state index in [0.717, 1.165) is 43.7 Å². The average Bonchev–Trinajstić information content (AvgIpc) is 2.55. The Bertz CT molecular complexity index is 501. The summed E-state index contributed by atoms with van der Waals surface area (Å²) in [4.78, 5) is 14.7. The second-order valence-corrected chi connectivity index (χ2v) is 6.08. The fourth-order valence-corrected chi connectivity index (χ4v) is 2.95. The lowest BCUT2D eigenvalue weighted by Crippen LogP contribution is -2.37. The van der Waals surface area contributed by atoms with Crippen LogP contribution in [0.4, 0.5) is 11.4 Å². The van der Waals surface area contributed by atoms with Gasteiger partial charge >= 0.3 is 0 Å². The number of rotatable bonds is 6. The Hall–Kier alpha value is -1.26. The van der Waals surface area contributed by atoms with E-state index in [2.05, 4.69) is 24.1 Å². The Morgan fingerprint density at radius 3 is 2.73 bits per heavy atom. The molecule has 122 valence electrons. The topological polar surface area (TPSA) is 41.6 Å². The lowest BCUT2D eigenvalue weighted by Gasteiger charge is -2.31. The first-order chi connectivity index (χ1) is 10.7. The summed E-state index contributed by atoms with van der Waals surface area (Å²) in [6.45, 7) is 7.20. The zero-order valence-corrected chi connectivity index (χ0v) is 14.2. The Morgan fingerprint density at radius 1 is 1.36 bits per heavy atom. The molecule has 22 heavy (non-hydrogen) atoms. The number of hydrogen-bond donors (Lipinski definition) is 1. The molecular formula is C17H25ClN2O2. The first-order valence-electron chi connectivity index (χ1n) is 8.08. The second-order valence-electron chi connectivity index (χ2n) is 5.64. The Labute approximate surface area is 137 Å². The van der Waals surface area contributed by atoms with Gasteiger partial charge in [-0.15, -0.1) is 0 Å². The van der Waals surface area contributed by atoms with Gasteiger partial charge in [-0.1, -0.05) is 31.9 Å². The molecule has 1 amide bonds. The number of carbonyl (C=O) groups excluding carboxylic acids is 1. The number of ether oxygens (including phenoxy) is 1. The van der Waals surface area contributed by atoms with E-state index in [0.29, 0.717) is 18.2 Å². The molecule has 1 aliphatic rings. The molecule has 2 rings (SSSR count). The van der Waals surface area contributed by atoms with Gasteiger partial charge in [-0.3, -0.25) is 4.79 Å². The van der Waals surface area contributed by atoms with Crippen molar-refractivity contribution >= 4 is 28.9 Å². The highest BCUT2D eigenvalue weighted by atomic mass is 35.5. The van der Waals surface area contributed by atoms with Gasteiger partial charge in [0.15, 0.2) is 0 Å². The first-order valence-corrected chi connectivity index (χ1v) is 8.46. The molecular weight excluding hydrogens is 300 g/mol. The molecule has 0 spiro atoms. The van der Waals surface area contributed by atoms with E-state index in [4.69, 9.17) is 16.3 Å². The molecule has 4 nitrogen and oxygen atoms in total. The Balaban J connectivity index is 2.17. The van der Waals surface area contributed by atoms with E-state index in [1.165, 1.54) is 0 Å².